The van der Waals surface area contributed by atoms with Gasteiger partial charge in [0.15, 0.2) is 23.1 Å². The van der Waals surface area contributed by atoms with Crippen LogP contribution in [0.3, 0.4) is 0 Å². The zero-order valence-corrected chi connectivity index (χ0v) is 22.6. The number of allylic oxidation sites excluding steroid dienone is 4. The van der Waals surface area contributed by atoms with Gasteiger partial charge in [-0.1, -0.05) is 31.2 Å². The minimum absolute atomic E-state index is 0.111. The first-order valence-electron chi connectivity index (χ1n) is 13.0. The minimum Gasteiger partial charge on any atom is -0.502 e. The van der Waals surface area contributed by atoms with E-state index in [2.05, 4.69) is 0 Å². The maximum atomic E-state index is 13.9. The maximum absolute atomic E-state index is 13.9. The van der Waals surface area contributed by atoms with Gasteiger partial charge in [0.2, 0.25) is 5.75 Å². The van der Waals surface area contributed by atoms with Crippen LogP contribution in [0, 0.1) is 11.3 Å². The number of Topliss-reactive ketones (excluding diaryl/α,β-unsaturated/α-hetero) is 1. The predicted molar refractivity (Wildman–Crippen MR) is 145 cm³/mol. The van der Waals surface area contributed by atoms with Crippen molar-refractivity contribution in [1.29, 1.82) is 0 Å². The highest BCUT2D eigenvalue weighted by atomic mass is 16.5. The van der Waals surface area contributed by atoms with Gasteiger partial charge in [0.1, 0.15) is 0 Å². The zero-order valence-electron chi connectivity index (χ0n) is 22.6. The number of ether oxygens (including phenoxy) is 2. The van der Waals surface area contributed by atoms with E-state index in [4.69, 9.17) is 9.47 Å². The molecule has 0 bridgehead atoms. The normalized spacial score (nSPS) is 25.4. The van der Waals surface area contributed by atoms with Crippen LogP contribution < -0.4 is 20.9 Å². The van der Waals surface area contributed by atoms with E-state index in [0.717, 1.165) is 10.1 Å². The van der Waals surface area contributed by atoms with Crippen LogP contribution in [-0.2, 0) is 16.1 Å². The molecule has 3 aromatic rings. The van der Waals surface area contributed by atoms with Crippen LogP contribution in [0.25, 0.3) is 5.69 Å². The minimum atomic E-state index is -1.18. The topological polar surface area (TPSA) is 122 Å². The highest BCUT2D eigenvalue weighted by molar-refractivity contribution is 6.13. The molecule has 1 fully saturated rings. The molecule has 1 saturated carbocycles. The summed E-state index contributed by atoms with van der Waals surface area (Å²) < 4.78 is 14.8. The number of fused-ring (bicyclic) bond motifs is 4. The van der Waals surface area contributed by atoms with Crippen molar-refractivity contribution in [2.24, 2.45) is 11.3 Å². The second-order valence-corrected chi connectivity index (χ2v) is 10.7. The standard InChI is InChI=1S/C30H29N3O7/c1-16-12-24(34)30(2)20(26(16)35)15-21-19(25(30)17-13-22(39-3)27(36)23(14-17)40-4)10-11-31-28(37)32(29(38)33(21)31)18-8-6-5-7-9-18/h5-10,12-14,20-21,25,36H,11,15H2,1-4H3/t20-,21+,25-,30-/m0/s1. The highest BCUT2D eigenvalue weighted by Crippen LogP contribution is 2.60. The van der Waals surface area contributed by atoms with Crippen molar-refractivity contribution in [3.05, 3.63) is 92.3 Å². The van der Waals surface area contributed by atoms with Crippen molar-refractivity contribution >= 4 is 11.6 Å². The molecule has 2 aliphatic carbocycles. The maximum Gasteiger partial charge on any atom is 0.352 e. The molecule has 4 atom stereocenters. The van der Waals surface area contributed by atoms with Crippen LogP contribution in [0.2, 0.25) is 0 Å². The van der Waals surface area contributed by atoms with Crippen molar-refractivity contribution in [1.82, 2.24) is 13.9 Å². The summed E-state index contributed by atoms with van der Waals surface area (Å²) in [7, 11) is 2.83. The third-order valence-electron chi connectivity index (χ3n) is 8.79. The second-order valence-electron chi connectivity index (χ2n) is 10.7. The summed E-state index contributed by atoms with van der Waals surface area (Å²) in [5, 5.41) is 10.6. The number of aromatic nitrogens is 3. The van der Waals surface area contributed by atoms with Gasteiger partial charge in [-0.15, -0.1) is 0 Å². The number of phenolic OH excluding ortho intramolecular Hbond substituents is 1. The van der Waals surface area contributed by atoms with E-state index in [0.29, 0.717) is 16.8 Å². The Kier molecular flexibility index (Phi) is 5.76. The van der Waals surface area contributed by atoms with E-state index in [1.807, 2.05) is 6.08 Å². The molecule has 3 aliphatic rings. The van der Waals surface area contributed by atoms with Crippen molar-refractivity contribution in [2.45, 2.75) is 38.8 Å². The third kappa shape index (κ3) is 3.34. The van der Waals surface area contributed by atoms with E-state index >= 15 is 0 Å². The summed E-state index contributed by atoms with van der Waals surface area (Å²) in [6.45, 7) is 3.52. The van der Waals surface area contributed by atoms with Gasteiger partial charge in [-0.25, -0.2) is 23.5 Å². The van der Waals surface area contributed by atoms with Gasteiger partial charge in [0.25, 0.3) is 0 Å². The lowest BCUT2D eigenvalue weighted by molar-refractivity contribution is -0.139. The molecule has 40 heavy (non-hydrogen) atoms. The molecule has 10 nitrogen and oxygen atoms in total. The van der Waals surface area contributed by atoms with Gasteiger partial charge in [-0.2, -0.15) is 0 Å². The lowest BCUT2D eigenvalue weighted by Gasteiger charge is -2.52. The van der Waals surface area contributed by atoms with Crippen molar-refractivity contribution in [2.75, 3.05) is 14.2 Å². The molecule has 206 valence electrons. The number of ketones is 2. The number of phenols is 1. The Hall–Kier alpha value is -4.60. The van der Waals surface area contributed by atoms with Crippen molar-refractivity contribution < 1.29 is 24.2 Å². The molecule has 1 aliphatic heterocycles. The van der Waals surface area contributed by atoms with E-state index in [1.165, 1.54) is 29.7 Å². The average molecular weight is 544 g/mol. The molecule has 0 amide bonds. The monoisotopic (exact) mass is 543 g/mol. The van der Waals surface area contributed by atoms with E-state index in [9.17, 15) is 24.3 Å². The van der Waals surface area contributed by atoms with Gasteiger partial charge < -0.3 is 14.6 Å². The molecule has 10 heteroatoms. The number of methoxy groups -OCH3 is 2. The number of hydrogen-bond acceptors (Lipinski definition) is 7. The van der Waals surface area contributed by atoms with E-state index < -0.39 is 34.7 Å². The fourth-order valence-electron chi connectivity index (χ4n) is 6.80. The third-order valence-corrected chi connectivity index (χ3v) is 8.79. The van der Waals surface area contributed by atoms with Crippen LogP contribution in [0.1, 0.15) is 37.8 Å². The first-order valence-corrected chi connectivity index (χ1v) is 13.0. The predicted octanol–water partition coefficient (Wildman–Crippen LogP) is 2.91. The van der Waals surface area contributed by atoms with Crippen LogP contribution in [0.4, 0.5) is 0 Å². The molecule has 2 heterocycles. The van der Waals surface area contributed by atoms with Gasteiger partial charge in [0, 0.05) is 11.8 Å². The van der Waals surface area contributed by atoms with Crippen molar-refractivity contribution in [3.63, 3.8) is 0 Å². The molecule has 0 spiro atoms. The molecule has 0 radical (unpaired) electrons. The zero-order chi connectivity index (χ0) is 28.5. The summed E-state index contributed by atoms with van der Waals surface area (Å²) in [6, 6.07) is 11.3. The Balaban J connectivity index is 1.62. The molecular formula is C30H29N3O7. The summed E-state index contributed by atoms with van der Waals surface area (Å²) >= 11 is 0. The molecule has 0 unspecified atom stereocenters. The van der Waals surface area contributed by atoms with E-state index in [1.54, 1.807) is 56.3 Å². The largest absolute Gasteiger partial charge is 0.502 e. The first-order chi connectivity index (χ1) is 19.1. The van der Waals surface area contributed by atoms with Crippen LogP contribution >= 0.6 is 0 Å². The Morgan fingerprint density at radius 3 is 2.25 bits per heavy atom. The van der Waals surface area contributed by atoms with Gasteiger partial charge in [-0.3, -0.25) is 9.59 Å². The quantitative estimate of drug-likeness (QED) is 0.502. The fraction of sp³-hybridized carbons (Fsp3) is 0.333. The number of benzene rings is 2. The van der Waals surface area contributed by atoms with Gasteiger partial charge in [-0.05, 0) is 60.4 Å². The lowest BCUT2D eigenvalue weighted by Crippen LogP contribution is -2.54. The molecule has 1 N–H and O–H groups in total. The Labute approximate surface area is 229 Å². The first kappa shape index (κ1) is 25.7. The fourth-order valence-corrected chi connectivity index (χ4v) is 6.80. The molecular weight excluding hydrogens is 514 g/mol. The van der Waals surface area contributed by atoms with Crippen LogP contribution in [0.5, 0.6) is 17.2 Å². The van der Waals surface area contributed by atoms with Crippen molar-refractivity contribution in [3.8, 4) is 22.9 Å². The molecule has 6 rings (SSSR count). The number of nitrogens with zero attached hydrogens (tertiary/aromatic N) is 3. The SMILES string of the molecule is COc1cc([C@H]2C3=CCn4c(=O)n(-c5ccccc5)c(=O)n4[C@@H]3C[C@H]3C(=O)C(C)=CC(=O)[C@@]23C)cc(OC)c1O. The van der Waals surface area contributed by atoms with Gasteiger partial charge in [0.05, 0.1) is 37.9 Å². The van der Waals surface area contributed by atoms with E-state index in [-0.39, 0.29) is 41.8 Å². The number of rotatable bonds is 4. The van der Waals surface area contributed by atoms with Crippen LogP contribution in [-0.4, -0.2) is 44.8 Å². The Morgan fingerprint density at radius 2 is 1.62 bits per heavy atom. The van der Waals surface area contributed by atoms with Crippen LogP contribution in [0.15, 0.2) is 75.4 Å². The summed E-state index contributed by atoms with van der Waals surface area (Å²) in [5.41, 5.74) is -0.0306. The molecule has 1 aromatic heterocycles. The smallest absolute Gasteiger partial charge is 0.352 e. The Bertz CT molecular complexity index is 1730. The number of carbonyl (C=O) groups is 2. The average Bonchev–Trinajstić information content (AvgIpc) is 3.21. The van der Waals surface area contributed by atoms with Gasteiger partial charge >= 0.3 is 11.4 Å². The lowest BCUT2D eigenvalue weighted by atomic mass is 9.51. The molecule has 2 aromatic carbocycles. The summed E-state index contributed by atoms with van der Waals surface area (Å²) in [4.78, 5) is 54.8. The second kappa shape index (κ2) is 8.97. The summed E-state index contributed by atoms with van der Waals surface area (Å²) in [6.07, 6.45) is 3.46. The number of carbonyl (C=O) groups excluding carboxylic acids is 2. The number of para-hydroxylation sites is 1. The highest BCUT2D eigenvalue weighted by Gasteiger charge is 2.59. The Morgan fingerprint density at radius 1 is 0.975 bits per heavy atom. The number of aromatic hydroxyl groups is 1. The number of hydrogen-bond donors (Lipinski definition) is 1. The summed E-state index contributed by atoms with van der Waals surface area (Å²) in [5.74, 6) is -1.67. The molecule has 0 saturated heterocycles.